The number of benzene rings is 1. The molecular weight excluding hydrogens is 402 g/mol. The Bertz CT molecular complexity index is 1070. The van der Waals surface area contributed by atoms with Crippen LogP contribution in [0.3, 0.4) is 0 Å². The van der Waals surface area contributed by atoms with E-state index in [-0.39, 0.29) is 0 Å². The van der Waals surface area contributed by atoms with E-state index < -0.39 is 10.8 Å². The van der Waals surface area contributed by atoms with Crippen LogP contribution in [-0.2, 0) is 22.3 Å². The first-order chi connectivity index (χ1) is 13.1. The topological polar surface area (TPSA) is 60.9 Å². The Morgan fingerprint density at radius 2 is 2.00 bits per heavy atom. The van der Waals surface area contributed by atoms with Crippen LogP contribution in [0.25, 0.3) is 16.5 Å². The van der Waals surface area contributed by atoms with Gasteiger partial charge in [-0.3, -0.25) is 4.21 Å². The van der Waals surface area contributed by atoms with E-state index in [9.17, 15) is 4.21 Å². The van der Waals surface area contributed by atoms with Gasteiger partial charge in [-0.1, -0.05) is 35.9 Å². The van der Waals surface area contributed by atoms with Crippen LogP contribution >= 0.6 is 22.9 Å². The smallest absolute Gasteiger partial charge is 0.236 e. The summed E-state index contributed by atoms with van der Waals surface area (Å²) in [4.78, 5) is 5.38. The molecule has 0 bridgehead atoms. The fourth-order valence-corrected chi connectivity index (χ4v) is 5.01. The van der Waals surface area contributed by atoms with Gasteiger partial charge in [0.15, 0.2) is 0 Å². The van der Waals surface area contributed by atoms with Crippen molar-refractivity contribution in [2.75, 3.05) is 0 Å². The molecule has 4 aromatic rings. The number of oxazole rings is 1. The fourth-order valence-electron chi connectivity index (χ4n) is 2.70. The maximum atomic E-state index is 12.7. The van der Waals surface area contributed by atoms with Gasteiger partial charge in [-0.05, 0) is 30.5 Å². The molecule has 138 valence electrons. The monoisotopic (exact) mass is 417 g/mol. The second-order valence-electron chi connectivity index (χ2n) is 5.95. The molecule has 0 aliphatic rings. The normalized spacial score (nSPS) is 12.4. The SMILES string of the molecule is Cc1nn(-c2ccccc2)c(Cl)c1CS(=O)Cc1coc(-c2cccs2)n1. The molecular formula is C19H16ClN3O2S2. The van der Waals surface area contributed by atoms with E-state index in [0.717, 1.165) is 21.8 Å². The summed E-state index contributed by atoms with van der Waals surface area (Å²) >= 11 is 8.07. The quantitative estimate of drug-likeness (QED) is 0.443. The number of aryl methyl sites for hydroxylation is 1. The van der Waals surface area contributed by atoms with Crippen molar-refractivity contribution in [1.82, 2.24) is 14.8 Å². The van der Waals surface area contributed by atoms with Crippen molar-refractivity contribution in [1.29, 1.82) is 0 Å². The Morgan fingerprint density at radius 3 is 2.74 bits per heavy atom. The van der Waals surface area contributed by atoms with Gasteiger partial charge in [-0.25, -0.2) is 9.67 Å². The highest BCUT2D eigenvalue weighted by molar-refractivity contribution is 7.83. The predicted octanol–water partition coefficient (Wildman–Crippen LogP) is 5.00. The average Bonchev–Trinajstić information content (AvgIpc) is 3.40. The third kappa shape index (κ3) is 3.90. The minimum atomic E-state index is -1.18. The highest BCUT2D eigenvalue weighted by atomic mass is 35.5. The summed E-state index contributed by atoms with van der Waals surface area (Å²) in [6.07, 6.45) is 1.56. The molecule has 0 spiro atoms. The van der Waals surface area contributed by atoms with Crippen molar-refractivity contribution < 1.29 is 8.63 Å². The van der Waals surface area contributed by atoms with Gasteiger partial charge in [-0.2, -0.15) is 5.10 Å². The summed E-state index contributed by atoms with van der Waals surface area (Å²) in [6.45, 7) is 1.88. The number of nitrogens with zero attached hydrogens (tertiary/aromatic N) is 3. The molecule has 1 aromatic carbocycles. The lowest BCUT2D eigenvalue weighted by atomic mass is 10.3. The highest BCUT2D eigenvalue weighted by Gasteiger charge is 2.18. The molecule has 0 fully saturated rings. The molecule has 0 aliphatic carbocycles. The Morgan fingerprint density at radius 1 is 1.19 bits per heavy atom. The van der Waals surface area contributed by atoms with Crippen molar-refractivity contribution in [3.8, 4) is 16.5 Å². The number of para-hydroxylation sites is 1. The van der Waals surface area contributed by atoms with Gasteiger partial charge in [0.1, 0.15) is 11.4 Å². The number of halogens is 1. The molecule has 5 nitrogen and oxygen atoms in total. The van der Waals surface area contributed by atoms with Gasteiger partial charge in [0, 0.05) is 16.4 Å². The van der Waals surface area contributed by atoms with Crippen LogP contribution in [0.1, 0.15) is 17.0 Å². The van der Waals surface area contributed by atoms with Crippen molar-refractivity contribution in [2.24, 2.45) is 0 Å². The summed E-state index contributed by atoms with van der Waals surface area (Å²) < 4.78 is 19.8. The van der Waals surface area contributed by atoms with Gasteiger partial charge in [0.05, 0.1) is 33.5 Å². The summed E-state index contributed by atoms with van der Waals surface area (Å²) in [5.74, 6) is 1.18. The average molecular weight is 418 g/mol. The zero-order chi connectivity index (χ0) is 18.8. The Hall–Kier alpha value is -2.22. The van der Waals surface area contributed by atoms with Crippen LogP contribution < -0.4 is 0 Å². The van der Waals surface area contributed by atoms with Gasteiger partial charge >= 0.3 is 0 Å². The van der Waals surface area contributed by atoms with Crippen LogP contribution in [0.15, 0.2) is 58.5 Å². The van der Waals surface area contributed by atoms with Crippen LogP contribution in [0.2, 0.25) is 5.15 Å². The second kappa shape index (κ2) is 7.80. The third-order valence-corrected chi connectivity index (χ3v) is 6.49. The first-order valence-corrected chi connectivity index (χ1v) is 11.0. The van der Waals surface area contributed by atoms with E-state index in [4.69, 9.17) is 16.0 Å². The number of hydrogen-bond acceptors (Lipinski definition) is 5. The molecule has 3 heterocycles. The van der Waals surface area contributed by atoms with E-state index in [1.54, 1.807) is 22.3 Å². The Kier molecular flexibility index (Phi) is 5.24. The molecule has 0 N–H and O–H groups in total. The first-order valence-electron chi connectivity index (χ1n) is 8.24. The summed E-state index contributed by atoms with van der Waals surface area (Å²) in [6, 6.07) is 13.5. The van der Waals surface area contributed by atoms with Crippen LogP contribution in [0.4, 0.5) is 0 Å². The number of rotatable bonds is 6. The molecule has 1 atom stereocenters. The Balaban J connectivity index is 1.50. The lowest BCUT2D eigenvalue weighted by Crippen LogP contribution is -2.01. The third-order valence-electron chi connectivity index (χ3n) is 4.02. The van der Waals surface area contributed by atoms with Crippen LogP contribution in [0, 0.1) is 6.92 Å². The molecule has 0 amide bonds. The molecule has 0 saturated carbocycles. The van der Waals surface area contributed by atoms with E-state index in [2.05, 4.69) is 10.1 Å². The van der Waals surface area contributed by atoms with Crippen molar-refractivity contribution in [2.45, 2.75) is 18.4 Å². The van der Waals surface area contributed by atoms with Gasteiger partial charge in [-0.15, -0.1) is 11.3 Å². The molecule has 0 aliphatic heterocycles. The van der Waals surface area contributed by atoms with Crippen molar-refractivity contribution in [3.63, 3.8) is 0 Å². The van der Waals surface area contributed by atoms with E-state index in [1.165, 1.54) is 0 Å². The highest BCUT2D eigenvalue weighted by Crippen LogP contribution is 2.26. The fraction of sp³-hybridized carbons (Fsp3) is 0.158. The molecule has 8 heteroatoms. The first kappa shape index (κ1) is 18.2. The molecule has 4 rings (SSSR count). The summed E-state index contributed by atoms with van der Waals surface area (Å²) in [7, 11) is -1.18. The number of hydrogen-bond donors (Lipinski definition) is 0. The van der Waals surface area contributed by atoms with E-state index in [1.807, 2.05) is 54.8 Å². The number of thiophene rings is 1. The summed E-state index contributed by atoms with van der Waals surface area (Å²) in [5, 5.41) is 6.95. The van der Waals surface area contributed by atoms with Crippen molar-refractivity contribution in [3.05, 3.63) is 76.2 Å². The standard InChI is InChI=1S/C19H16ClN3O2S2/c1-13-16(18(20)23(22-13)15-6-3-2-4-7-15)12-27(24)11-14-10-25-19(21-14)17-8-5-9-26-17/h2-10H,11-12H2,1H3. The molecule has 27 heavy (non-hydrogen) atoms. The van der Waals surface area contributed by atoms with E-state index >= 15 is 0 Å². The van der Waals surface area contributed by atoms with Gasteiger partial charge in [0.2, 0.25) is 5.89 Å². The lowest BCUT2D eigenvalue weighted by Gasteiger charge is -2.03. The zero-order valence-electron chi connectivity index (χ0n) is 14.5. The van der Waals surface area contributed by atoms with Gasteiger partial charge in [0.25, 0.3) is 0 Å². The Labute approximate surface area is 168 Å². The molecule has 0 radical (unpaired) electrons. The van der Waals surface area contributed by atoms with E-state index in [0.29, 0.717) is 28.2 Å². The lowest BCUT2D eigenvalue weighted by molar-refractivity contribution is 0.574. The van der Waals surface area contributed by atoms with Gasteiger partial charge < -0.3 is 4.42 Å². The number of aromatic nitrogens is 3. The summed E-state index contributed by atoms with van der Waals surface area (Å²) in [5.41, 5.74) is 3.11. The minimum Gasteiger partial charge on any atom is -0.444 e. The maximum absolute atomic E-state index is 12.7. The van der Waals surface area contributed by atoms with Crippen molar-refractivity contribution >= 4 is 33.7 Å². The maximum Gasteiger partial charge on any atom is 0.236 e. The largest absolute Gasteiger partial charge is 0.444 e. The molecule has 0 saturated heterocycles. The zero-order valence-corrected chi connectivity index (χ0v) is 16.9. The van der Waals surface area contributed by atoms with Crippen LogP contribution in [-0.4, -0.2) is 19.0 Å². The molecule has 1 unspecified atom stereocenters. The minimum absolute atomic E-state index is 0.307. The van der Waals surface area contributed by atoms with Crippen LogP contribution in [0.5, 0.6) is 0 Å². The molecule has 3 aromatic heterocycles. The second-order valence-corrected chi connectivity index (χ2v) is 8.71. The predicted molar refractivity (Wildman–Crippen MR) is 109 cm³/mol.